The molecule has 0 fully saturated rings. The summed E-state index contributed by atoms with van der Waals surface area (Å²) in [6.07, 6.45) is 2.64. The number of nitrogens with zero attached hydrogens (tertiary/aromatic N) is 1. The van der Waals surface area contributed by atoms with Gasteiger partial charge in [-0.05, 0) is 30.3 Å². The summed E-state index contributed by atoms with van der Waals surface area (Å²) in [4.78, 5) is 16.3. The molecule has 2 N–H and O–H groups in total. The largest absolute Gasteiger partial charge is 0.493 e. The van der Waals surface area contributed by atoms with Crippen molar-refractivity contribution in [1.82, 2.24) is 4.98 Å². The molecular formula is C18H17N3O5S2. The SMILES string of the molecule is COc1ccccc1Oc1ccc(S(C)(=O)=O)cc1NC(=O)Nc1nccs1. The van der Waals surface area contributed by atoms with Gasteiger partial charge in [-0.2, -0.15) is 0 Å². The van der Waals surface area contributed by atoms with E-state index in [-0.39, 0.29) is 16.3 Å². The van der Waals surface area contributed by atoms with Crippen LogP contribution in [0.3, 0.4) is 0 Å². The lowest BCUT2D eigenvalue weighted by atomic mass is 10.2. The maximum absolute atomic E-state index is 12.3. The number of carbonyl (C=O) groups excluding carboxylic acids is 1. The summed E-state index contributed by atoms with van der Waals surface area (Å²) >= 11 is 1.25. The van der Waals surface area contributed by atoms with Crippen molar-refractivity contribution < 1.29 is 22.7 Å². The van der Waals surface area contributed by atoms with Gasteiger partial charge in [-0.15, -0.1) is 11.3 Å². The fourth-order valence-corrected chi connectivity index (χ4v) is 3.45. The van der Waals surface area contributed by atoms with Gasteiger partial charge in [0.05, 0.1) is 17.7 Å². The number of methoxy groups -OCH3 is 1. The summed E-state index contributed by atoms with van der Waals surface area (Å²) in [7, 11) is -1.97. The Kier molecular flexibility index (Phi) is 5.81. The molecule has 10 heteroatoms. The molecule has 0 aliphatic carbocycles. The van der Waals surface area contributed by atoms with Crippen molar-refractivity contribution in [3.63, 3.8) is 0 Å². The maximum atomic E-state index is 12.3. The lowest BCUT2D eigenvalue weighted by Gasteiger charge is -2.15. The van der Waals surface area contributed by atoms with Crippen molar-refractivity contribution in [2.45, 2.75) is 4.90 Å². The highest BCUT2D eigenvalue weighted by molar-refractivity contribution is 7.90. The van der Waals surface area contributed by atoms with Crippen LogP contribution < -0.4 is 20.1 Å². The number of amides is 2. The predicted octanol–water partition coefficient (Wildman–Crippen LogP) is 3.99. The molecule has 0 atom stereocenters. The van der Waals surface area contributed by atoms with Crippen LogP contribution in [0.1, 0.15) is 0 Å². The molecule has 0 unspecified atom stereocenters. The number of carbonyl (C=O) groups is 1. The van der Waals surface area contributed by atoms with E-state index in [9.17, 15) is 13.2 Å². The second-order valence-corrected chi connectivity index (χ2v) is 8.51. The molecule has 0 radical (unpaired) electrons. The number of urea groups is 1. The normalized spacial score (nSPS) is 10.9. The third-order valence-electron chi connectivity index (χ3n) is 3.57. The molecule has 3 aromatic rings. The van der Waals surface area contributed by atoms with Gasteiger partial charge in [-0.25, -0.2) is 18.2 Å². The Morgan fingerprint density at radius 2 is 1.82 bits per heavy atom. The predicted molar refractivity (Wildman–Crippen MR) is 107 cm³/mol. The summed E-state index contributed by atoms with van der Waals surface area (Å²) in [5.41, 5.74) is 0.183. The van der Waals surface area contributed by atoms with Crippen LogP contribution in [0.2, 0.25) is 0 Å². The Bertz CT molecular complexity index is 1080. The molecule has 8 nitrogen and oxygen atoms in total. The zero-order valence-corrected chi connectivity index (χ0v) is 16.6. The Hall–Kier alpha value is -3.11. The van der Waals surface area contributed by atoms with Gasteiger partial charge < -0.3 is 14.8 Å². The first-order chi connectivity index (χ1) is 13.4. The van der Waals surface area contributed by atoms with Crippen molar-refractivity contribution in [3.8, 4) is 17.2 Å². The number of benzene rings is 2. The minimum atomic E-state index is -3.48. The van der Waals surface area contributed by atoms with E-state index in [2.05, 4.69) is 15.6 Å². The highest BCUT2D eigenvalue weighted by Gasteiger charge is 2.16. The standard InChI is InChI=1S/C18H17N3O5S2/c1-25-15-5-3-4-6-16(15)26-14-8-7-12(28(2,23)24)11-13(14)20-17(22)21-18-19-9-10-27-18/h3-11H,1-2H3,(H2,19,20,21,22). The number of para-hydroxylation sites is 2. The maximum Gasteiger partial charge on any atom is 0.325 e. The van der Waals surface area contributed by atoms with E-state index < -0.39 is 15.9 Å². The van der Waals surface area contributed by atoms with Gasteiger partial charge in [-0.1, -0.05) is 12.1 Å². The minimum absolute atomic E-state index is 0.0458. The molecule has 0 aliphatic heterocycles. The van der Waals surface area contributed by atoms with E-state index in [0.717, 1.165) is 6.26 Å². The fraction of sp³-hybridized carbons (Fsp3) is 0.111. The summed E-state index contributed by atoms with van der Waals surface area (Å²) in [5, 5.41) is 7.30. The van der Waals surface area contributed by atoms with Crippen LogP contribution in [-0.2, 0) is 9.84 Å². The highest BCUT2D eigenvalue weighted by atomic mass is 32.2. The molecule has 2 amide bonds. The van der Waals surface area contributed by atoms with Crippen LogP contribution >= 0.6 is 11.3 Å². The van der Waals surface area contributed by atoms with E-state index in [0.29, 0.717) is 16.6 Å². The quantitative estimate of drug-likeness (QED) is 0.626. The first-order valence-electron chi connectivity index (χ1n) is 7.99. The van der Waals surface area contributed by atoms with Gasteiger partial charge in [0.2, 0.25) is 0 Å². The monoisotopic (exact) mass is 419 g/mol. The average molecular weight is 419 g/mol. The molecule has 0 saturated carbocycles. The number of ether oxygens (including phenoxy) is 2. The van der Waals surface area contributed by atoms with Gasteiger partial charge in [0, 0.05) is 17.8 Å². The van der Waals surface area contributed by atoms with Gasteiger partial charge in [0.25, 0.3) is 0 Å². The smallest absolute Gasteiger partial charge is 0.325 e. The van der Waals surface area contributed by atoms with E-state index >= 15 is 0 Å². The number of hydrogen-bond acceptors (Lipinski definition) is 7. The van der Waals surface area contributed by atoms with Gasteiger partial charge in [-0.3, -0.25) is 5.32 Å². The number of sulfone groups is 1. The topological polar surface area (TPSA) is 107 Å². The van der Waals surface area contributed by atoms with E-state index in [1.54, 1.807) is 35.8 Å². The number of hydrogen-bond donors (Lipinski definition) is 2. The Morgan fingerprint density at radius 3 is 2.46 bits per heavy atom. The van der Waals surface area contributed by atoms with Gasteiger partial charge >= 0.3 is 6.03 Å². The lowest BCUT2D eigenvalue weighted by molar-refractivity contribution is 0.262. The first kappa shape index (κ1) is 19.6. The van der Waals surface area contributed by atoms with Crippen molar-refractivity contribution >= 4 is 38.0 Å². The molecular weight excluding hydrogens is 402 g/mol. The third kappa shape index (κ3) is 4.78. The molecule has 28 heavy (non-hydrogen) atoms. The summed E-state index contributed by atoms with van der Waals surface area (Å²) in [6, 6.07) is 10.6. The van der Waals surface area contributed by atoms with E-state index in [1.165, 1.54) is 36.6 Å². The number of aromatic nitrogens is 1. The van der Waals surface area contributed by atoms with Crippen LogP contribution in [0.25, 0.3) is 0 Å². The van der Waals surface area contributed by atoms with Crippen molar-refractivity contribution in [2.24, 2.45) is 0 Å². The first-order valence-corrected chi connectivity index (χ1v) is 10.8. The summed E-state index contributed by atoms with van der Waals surface area (Å²) in [5.74, 6) is 1.17. The Labute approximate surface area is 166 Å². The average Bonchev–Trinajstić information content (AvgIpc) is 3.15. The Balaban J connectivity index is 1.93. The molecule has 1 aromatic heterocycles. The number of thiazole rings is 1. The van der Waals surface area contributed by atoms with Crippen LogP contribution in [-0.4, -0.2) is 32.8 Å². The molecule has 0 bridgehead atoms. The molecule has 2 aromatic carbocycles. The van der Waals surface area contributed by atoms with Crippen LogP contribution in [0.15, 0.2) is 58.9 Å². The number of nitrogens with one attached hydrogen (secondary N) is 2. The second kappa shape index (κ2) is 8.28. The molecule has 146 valence electrons. The van der Waals surface area contributed by atoms with Gasteiger partial charge in [0.15, 0.2) is 32.2 Å². The Morgan fingerprint density at radius 1 is 1.07 bits per heavy atom. The fourth-order valence-electron chi connectivity index (χ4n) is 2.28. The van der Waals surface area contributed by atoms with Crippen molar-refractivity contribution in [1.29, 1.82) is 0 Å². The molecule has 1 heterocycles. The molecule has 0 spiro atoms. The van der Waals surface area contributed by atoms with Crippen LogP contribution in [0, 0.1) is 0 Å². The molecule has 3 rings (SSSR count). The summed E-state index contributed by atoms with van der Waals surface area (Å²) in [6.45, 7) is 0. The second-order valence-electron chi connectivity index (χ2n) is 5.60. The lowest BCUT2D eigenvalue weighted by Crippen LogP contribution is -2.20. The molecule has 0 aliphatic rings. The van der Waals surface area contributed by atoms with Crippen LogP contribution in [0.5, 0.6) is 17.2 Å². The van der Waals surface area contributed by atoms with E-state index in [1.807, 2.05) is 0 Å². The third-order valence-corrected chi connectivity index (χ3v) is 5.37. The number of rotatable bonds is 6. The summed E-state index contributed by atoms with van der Waals surface area (Å²) < 4.78 is 34.9. The molecule has 0 saturated heterocycles. The van der Waals surface area contributed by atoms with Crippen molar-refractivity contribution in [2.75, 3.05) is 24.0 Å². The number of anilines is 2. The van der Waals surface area contributed by atoms with Gasteiger partial charge in [0.1, 0.15) is 0 Å². The zero-order valence-electron chi connectivity index (χ0n) is 15.0. The zero-order chi connectivity index (χ0) is 20.1. The minimum Gasteiger partial charge on any atom is -0.493 e. The van der Waals surface area contributed by atoms with Crippen LogP contribution in [0.4, 0.5) is 15.6 Å². The van der Waals surface area contributed by atoms with E-state index in [4.69, 9.17) is 9.47 Å². The highest BCUT2D eigenvalue weighted by Crippen LogP contribution is 2.36. The van der Waals surface area contributed by atoms with Crippen molar-refractivity contribution in [3.05, 3.63) is 54.0 Å².